The lowest BCUT2D eigenvalue weighted by molar-refractivity contribution is 0.594. The second kappa shape index (κ2) is 6.46. The van der Waals surface area contributed by atoms with E-state index in [1.54, 1.807) is 0 Å². The predicted molar refractivity (Wildman–Crippen MR) is 111 cm³/mol. The van der Waals surface area contributed by atoms with Gasteiger partial charge < -0.3 is 0 Å². The topological polar surface area (TPSA) is 0 Å². The minimum absolute atomic E-state index is 0.0864. The maximum absolute atomic E-state index is 4.87. The molecule has 0 bridgehead atoms. The van der Waals surface area contributed by atoms with Gasteiger partial charge in [0, 0.05) is 0 Å². The Morgan fingerprint density at radius 2 is 1.04 bits per heavy atom. The summed E-state index contributed by atoms with van der Waals surface area (Å²) in [5.74, 6) is 0. The van der Waals surface area contributed by atoms with E-state index in [2.05, 4.69) is 106 Å². The third-order valence-corrected chi connectivity index (χ3v) is 8.09. The Labute approximate surface area is 146 Å². The van der Waals surface area contributed by atoms with Crippen LogP contribution >= 0.6 is 6.89 Å². The van der Waals surface area contributed by atoms with Crippen molar-refractivity contribution < 1.29 is 0 Å². The number of hydrogen-bond acceptors (Lipinski definition) is 0. The fraction of sp³-hybridized carbons (Fsp3) is 0.174. The van der Waals surface area contributed by atoms with Crippen LogP contribution in [0, 0.1) is 0 Å². The number of benzene rings is 3. The van der Waals surface area contributed by atoms with Crippen molar-refractivity contribution in [1.29, 1.82) is 0 Å². The summed E-state index contributed by atoms with van der Waals surface area (Å²) in [6.45, 7) is 4.94. The zero-order chi connectivity index (χ0) is 17.2. The summed E-state index contributed by atoms with van der Waals surface area (Å²) < 4.78 is 0. The molecule has 0 saturated heterocycles. The van der Waals surface area contributed by atoms with Gasteiger partial charge in [-0.15, -0.1) is 0 Å². The van der Waals surface area contributed by atoms with Gasteiger partial charge in [-0.3, -0.25) is 0 Å². The molecule has 0 unspecified atom stereocenters. The van der Waals surface area contributed by atoms with E-state index in [1.165, 1.54) is 21.5 Å². The van der Waals surface area contributed by atoms with E-state index in [1.807, 2.05) is 0 Å². The molecule has 0 nitrogen and oxygen atoms in total. The zero-order valence-electron chi connectivity index (χ0n) is 14.7. The third kappa shape index (κ3) is 2.99. The molecule has 0 N–H and O–H groups in total. The van der Waals surface area contributed by atoms with E-state index in [-0.39, 0.29) is 5.41 Å². The first-order chi connectivity index (χ1) is 11.4. The molecule has 0 fully saturated rings. The second-order valence-electron chi connectivity index (χ2n) is 7.25. The summed E-state index contributed by atoms with van der Waals surface area (Å²) in [4.78, 5) is 0. The van der Waals surface area contributed by atoms with Crippen LogP contribution in [0.1, 0.15) is 26.3 Å². The molecule has 0 atom stereocenters. The molecule has 0 aromatic heterocycles. The Morgan fingerprint density at radius 3 is 1.50 bits per heavy atom. The molecule has 0 amide bonds. The first kappa shape index (κ1) is 16.8. The van der Waals surface area contributed by atoms with Crippen molar-refractivity contribution in [1.82, 2.24) is 0 Å². The largest absolute Gasteiger partial charge is 0.0887 e. The molecule has 0 heterocycles. The van der Waals surface area contributed by atoms with Crippen molar-refractivity contribution in [3.8, 4) is 0 Å². The van der Waals surface area contributed by atoms with Gasteiger partial charge in [-0.05, 0) is 33.8 Å². The lowest BCUT2D eigenvalue weighted by Gasteiger charge is -2.32. The van der Waals surface area contributed by atoms with Crippen molar-refractivity contribution in [2.45, 2.75) is 26.2 Å². The van der Waals surface area contributed by atoms with Crippen molar-refractivity contribution >= 4 is 29.1 Å². The quantitative estimate of drug-likeness (QED) is 0.609. The highest BCUT2D eigenvalue weighted by atomic mass is 31.2. The molecule has 0 spiro atoms. The summed E-state index contributed by atoms with van der Waals surface area (Å²) in [6.07, 6.45) is 4.87. The molecule has 3 rings (SSSR count). The van der Waals surface area contributed by atoms with E-state index in [4.69, 9.17) is 6.30 Å². The summed E-state index contributed by atoms with van der Waals surface area (Å²) in [5.41, 5.74) is 1.48. The molecule has 0 aliphatic heterocycles. The van der Waals surface area contributed by atoms with Crippen molar-refractivity contribution in [3.63, 3.8) is 0 Å². The Hall–Kier alpha value is -2.04. The fourth-order valence-corrected chi connectivity index (χ4v) is 6.61. The zero-order valence-corrected chi connectivity index (χ0v) is 15.6. The minimum atomic E-state index is -1.91. The monoisotopic (exact) mass is 332 g/mol. The Morgan fingerprint density at radius 1 is 0.625 bits per heavy atom. The van der Waals surface area contributed by atoms with E-state index >= 15 is 0 Å². The summed E-state index contributed by atoms with van der Waals surface area (Å²) in [6, 6.07) is 30.4. The SMILES string of the molecule is C=P(c1ccccc1)(c1ccccc1)c1ccccc1C(C)(C)C. The van der Waals surface area contributed by atoms with Gasteiger partial charge in [-0.2, -0.15) is 0 Å². The Bertz CT molecular complexity index is 812. The Balaban J connectivity index is 2.36. The molecule has 3 aromatic rings. The van der Waals surface area contributed by atoms with Crippen molar-refractivity contribution in [2.24, 2.45) is 0 Å². The molecule has 0 aliphatic carbocycles. The van der Waals surface area contributed by atoms with Crippen LogP contribution in [0.5, 0.6) is 0 Å². The molecule has 24 heavy (non-hydrogen) atoms. The highest BCUT2D eigenvalue weighted by Crippen LogP contribution is 2.44. The predicted octanol–water partition coefficient (Wildman–Crippen LogP) is 4.71. The fourth-order valence-electron chi connectivity index (χ4n) is 3.23. The molecule has 0 saturated carbocycles. The van der Waals surface area contributed by atoms with Crippen LogP contribution < -0.4 is 15.9 Å². The third-order valence-electron chi connectivity index (χ3n) is 4.52. The van der Waals surface area contributed by atoms with E-state index in [0.717, 1.165) is 0 Å². The average Bonchev–Trinajstić information content (AvgIpc) is 2.62. The minimum Gasteiger partial charge on any atom is -0.0887 e. The first-order valence-electron chi connectivity index (χ1n) is 8.39. The van der Waals surface area contributed by atoms with Crippen molar-refractivity contribution in [2.75, 3.05) is 0 Å². The molecule has 0 radical (unpaired) electrons. The highest BCUT2D eigenvalue weighted by molar-refractivity contribution is 7.93. The van der Waals surface area contributed by atoms with E-state index in [9.17, 15) is 0 Å². The Kier molecular flexibility index (Phi) is 4.52. The van der Waals surface area contributed by atoms with E-state index < -0.39 is 6.89 Å². The summed E-state index contributed by atoms with van der Waals surface area (Å²) >= 11 is 0. The number of hydrogen-bond donors (Lipinski definition) is 0. The summed E-state index contributed by atoms with van der Waals surface area (Å²) in [5, 5.41) is 4.04. The molecule has 3 aromatic carbocycles. The standard InChI is InChI=1S/C23H25P/c1-23(2,3)21-17-11-12-18-22(21)24(4,19-13-7-5-8-14-19)20-15-9-6-10-16-20/h5-18H,4H2,1-3H3. The van der Waals surface area contributed by atoms with Gasteiger partial charge in [0.05, 0.1) is 0 Å². The van der Waals surface area contributed by atoms with Crippen LogP contribution in [0.25, 0.3) is 0 Å². The van der Waals surface area contributed by atoms with Crippen LogP contribution in [-0.4, -0.2) is 6.30 Å². The van der Waals surface area contributed by atoms with Gasteiger partial charge in [0.15, 0.2) is 0 Å². The van der Waals surface area contributed by atoms with E-state index in [0.29, 0.717) is 0 Å². The maximum atomic E-state index is 4.87. The molecule has 122 valence electrons. The van der Waals surface area contributed by atoms with Gasteiger partial charge in [0.2, 0.25) is 0 Å². The first-order valence-corrected chi connectivity index (χ1v) is 10.4. The van der Waals surface area contributed by atoms with Crippen LogP contribution in [-0.2, 0) is 5.41 Å². The number of rotatable bonds is 3. The van der Waals surface area contributed by atoms with Crippen LogP contribution in [0.3, 0.4) is 0 Å². The summed E-state index contributed by atoms with van der Waals surface area (Å²) in [7, 11) is 0. The maximum Gasteiger partial charge on any atom is -0.0125 e. The van der Waals surface area contributed by atoms with Gasteiger partial charge in [0.25, 0.3) is 0 Å². The normalized spacial score (nSPS) is 12.1. The molecule has 1 heteroatoms. The highest BCUT2D eigenvalue weighted by Gasteiger charge is 2.28. The lowest BCUT2D eigenvalue weighted by Crippen LogP contribution is -2.31. The molecule has 0 aliphatic rings. The van der Waals surface area contributed by atoms with Gasteiger partial charge in [0.1, 0.15) is 0 Å². The van der Waals surface area contributed by atoms with Gasteiger partial charge >= 0.3 is 0 Å². The average molecular weight is 332 g/mol. The molecular formula is C23H25P. The lowest BCUT2D eigenvalue weighted by atomic mass is 9.87. The van der Waals surface area contributed by atoms with Crippen LogP contribution in [0.2, 0.25) is 0 Å². The van der Waals surface area contributed by atoms with Gasteiger partial charge in [-0.1, -0.05) is 112 Å². The second-order valence-corrected chi connectivity index (χ2v) is 10.4. The molecular weight excluding hydrogens is 307 g/mol. The van der Waals surface area contributed by atoms with Crippen molar-refractivity contribution in [3.05, 3.63) is 90.5 Å². The van der Waals surface area contributed by atoms with Crippen LogP contribution in [0.15, 0.2) is 84.9 Å². The van der Waals surface area contributed by atoms with Gasteiger partial charge in [-0.25, -0.2) is 0 Å². The van der Waals surface area contributed by atoms with Crippen LogP contribution in [0.4, 0.5) is 0 Å². The smallest absolute Gasteiger partial charge is 0.0125 e.